The van der Waals surface area contributed by atoms with Gasteiger partial charge in [-0.3, -0.25) is 4.79 Å². The van der Waals surface area contributed by atoms with E-state index in [0.29, 0.717) is 18.9 Å². The van der Waals surface area contributed by atoms with Crippen molar-refractivity contribution in [3.05, 3.63) is 29.8 Å². The lowest BCUT2D eigenvalue weighted by atomic mass is 9.87. The van der Waals surface area contributed by atoms with Gasteiger partial charge in [-0.25, -0.2) is 0 Å². The van der Waals surface area contributed by atoms with E-state index < -0.39 is 0 Å². The molecule has 1 heterocycles. The quantitative estimate of drug-likeness (QED) is 0.359. The number of unbranched alkanes of at least 4 members (excludes halogenated alkanes) is 6. The zero-order valence-corrected chi connectivity index (χ0v) is 19.5. The second-order valence-corrected chi connectivity index (χ2v) is 9.07. The molecule has 0 saturated heterocycles. The molecule has 1 aromatic carbocycles. The average molecular weight is 414 g/mol. The molecule has 0 saturated carbocycles. The van der Waals surface area contributed by atoms with Crippen LogP contribution in [0, 0.1) is 0 Å². The molecule has 0 fully saturated rings. The van der Waals surface area contributed by atoms with Crippen LogP contribution in [-0.2, 0) is 5.41 Å². The van der Waals surface area contributed by atoms with E-state index in [1.54, 1.807) is 0 Å². The van der Waals surface area contributed by atoms with Gasteiger partial charge in [0.05, 0.1) is 6.61 Å². The molecular formula is C25H39N3O2. The van der Waals surface area contributed by atoms with E-state index in [9.17, 15) is 4.79 Å². The predicted molar refractivity (Wildman–Crippen MR) is 123 cm³/mol. The first-order chi connectivity index (χ1) is 14.4. The molecule has 0 bridgehead atoms. The minimum atomic E-state index is -0.0155. The van der Waals surface area contributed by atoms with Crippen LogP contribution in [0.15, 0.2) is 24.3 Å². The second-order valence-electron chi connectivity index (χ2n) is 9.07. The molecule has 5 heteroatoms. The van der Waals surface area contributed by atoms with Crippen LogP contribution >= 0.6 is 0 Å². The monoisotopic (exact) mass is 413 g/mol. The highest BCUT2D eigenvalue weighted by Crippen LogP contribution is 2.26. The second kappa shape index (κ2) is 11.9. The van der Waals surface area contributed by atoms with Crippen molar-refractivity contribution in [2.75, 3.05) is 6.61 Å². The molecule has 0 spiro atoms. The van der Waals surface area contributed by atoms with E-state index in [1.807, 2.05) is 12.1 Å². The van der Waals surface area contributed by atoms with Crippen molar-refractivity contribution in [2.45, 2.75) is 97.8 Å². The zero-order valence-electron chi connectivity index (χ0n) is 19.5. The lowest BCUT2D eigenvalue weighted by Crippen LogP contribution is -2.14. The van der Waals surface area contributed by atoms with E-state index in [1.165, 1.54) is 35.9 Å². The Balaban J connectivity index is 2.15. The average Bonchev–Trinajstić information content (AvgIpc) is 3.14. The molecule has 5 nitrogen and oxygen atoms in total. The third-order valence-corrected chi connectivity index (χ3v) is 5.31. The van der Waals surface area contributed by atoms with Crippen molar-refractivity contribution in [1.29, 1.82) is 0 Å². The van der Waals surface area contributed by atoms with E-state index in [4.69, 9.17) is 4.74 Å². The van der Waals surface area contributed by atoms with Gasteiger partial charge in [-0.2, -0.15) is 9.67 Å². The normalized spacial score (nSPS) is 11.6. The summed E-state index contributed by atoms with van der Waals surface area (Å²) < 4.78 is 7.14. The van der Waals surface area contributed by atoms with Crippen LogP contribution in [0.1, 0.15) is 103 Å². The summed E-state index contributed by atoms with van der Waals surface area (Å²) in [6, 6.07) is 8.53. The molecule has 2 aromatic rings. The summed E-state index contributed by atoms with van der Waals surface area (Å²) in [6.07, 6.45) is 9.36. The first-order valence-corrected chi connectivity index (χ1v) is 11.6. The van der Waals surface area contributed by atoms with Crippen molar-refractivity contribution in [1.82, 2.24) is 14.8 Å². The van der Waals surface area contributed by atoms with Crippen molar-refractivity contribution in [2.24, 2.45) is 0 Å². The first kappa shape index (κ1) is 24.1. The molecule has 0 aliphatic carbocycles. The third kappa shape index (κ3) is 7.26. The van der Waals surface area contributed by atoms with Crippen LogP contribution < -0.4 is 4.74 Å². The molecule has 30 heavy (non-hydrogen) atoms. The topological polar surface area (TPSA) is 57.0 Å². The Morgan fingerprint density at radius 3 is 2.20 bits per heavy atom. The number of rotatable bonds is 12. The fourth-order valence-corrected chi connectivity index (χ4v) is 3.30. The summed E-state index contributed by atoms with van der Waals surface area (Å²) >= 11 is 0. The summed E-state index contributed by atoms with van der Waals surface area (Å²) in [5.74, 6) is 0.552. The Morgan fingerprint density at radius 2 is 1.57 bits per heavy atom. The first-order valence-electron chi connectivity index (χ1n) is 11.6. The Bertz CT molecular complexity index is 773. The summed E-state index contributed by atoms with van der Waals surface area (Å²) in [5.41, 5.74) is 2.21. The van der Waals surface area contributed by atoms with Crippen molar-refractivity contribution in [3.63, 3.8) is 0 Å². The number of aromatic nitrogens is 3. The number of hydrogen-bond acceptors (Lipinski definition) is 4. The van der Waals surface area contributed by atoms with Crippen LogP contribution in [-0.4, -0.2) is 27.3 Å². The minimum absolute atomic E-state index is 0.0155. The Labute approximate surface area is 182 Å². The van der Waals surface area contributed by atoms with Gasteiger partial charge in [-0.15, -0.1) is 5.10 Å². The van der Waals surface area contributed by atoms with E-state index in [2.05, 4.69) is 56.8 Å². The summed E-state index contributed by atoms with van der Waals surface area (Å²) in [5, 5.41) is 4.39. The van der Waals surface area contributed by atoms with Gasteiger partial charge in [0.15, 0.2) is 5.82 Å². The smallest absolute Gasteiger partial charge is 0.336 e. The van der Waals surface area contributed by atoms with Gasteiger partial charge in [0.25, 0.3) is 0 Å². The Hall–Kier alpha value is -2.17. The molecule has 0 atom stereocenters. The molecule has 2 rings (SSSR count). The van der Waals surface area contributed by atoms with Gasteiger partial charge in [-0.1, -0.05) is 97.4 Å². The van der Waals surface area contributed by atoms with Crippen LogP contribution in [0.5, 0.6) is 6.01 Å². The van der Waals surface area contributed by atoms with Crippen LogP contribution in [0.4, 0.5) is 0 Å². The van der Waals surface area contributed by atoms with E-state index >= 15 is 0 Å². The predicted octanol–water partition coefficient (Wildman–Crippen LogP) is 6.81. The highest BCUT2D eigenvalue weighted by Gasteiger charge is 2.20. The summed E-state index contributed by atoms with van der Waals surface area (Å²) in [6.45, 7) is 11.5. The van der Waals surface area contributed by atoms with Gasteiger partial charge < -0.3 is 4.74 Å². The van der Waals surface area contributed by atoms with Crippen molar-refractivity contribution < 1.29 is 9.53 Å². The molecule has 0 aliphatic rings. The minimum Gasteiger partial charge on any atom is -0.462 e. The largest absolute Gasteiger partial charge is 0.462 e. The summed E-state index contributed by atoms with van der Waals surface area (Å²) in [4.78, 5) is 17.4. The third-order valence-electron chi connectivity index (χ3n) is 5.31. The Morgan fingerprint density at radius 1 is 0.933 bits per heavy atom. The number of carbonyl (C=O) groups excluding carboxylic acids is 1. The molecule has 0 aliphatic heterocycles. The van der Waals surface area contributed by atoms with Gasteiger partial charge in [0.1, 0.15) is 0 Å². The van der Waals surface area contributed by atoms with Crippen LogP contribution in [0.25, 0.3) is 11.4 Å². The maximum Gasteiger partial charge on any atom is 0.336 e. The number of benzene rings is 1. The highest BCUT2D eigenvalue weighted by atomic mass is 16.5. The molecule has 0 N–H and O–H groups in total. The number of ether oxygens (including phenoxy) is 1. The number of hydrogen-bond donors (Lipinski definition) is 0. The molecule has 166 valence electrons. The molecular weight excluding hydrogens is 374 g/mol. The lowest BCUT2D eigenvalue weighted by Gasteiger charge is -2.19. The number of carbonyl (C=O) groups is 1. The van der Waals surface area contributed by atoms with Crippen molar-refractivity contribution >= 4 is 5.91 Å². The lowest BCUT2D eigenvalue weighted by molar-refractivity contribution is 0.0882. The zero-order chi connectivity index (χ0) is 22.0. The SMILES string of the molecule is CCCCCCCCC(=O)n1nc(OCCCC)nc1-c1ccc(C(C)(C)C)cc1. The van der Waals surface area contributed by atoms with E-state index in [0.717, 1.165) is 31.2 Å². The van der Waals surface area contributed by atoms with Crippen molar-refractivity contribution in [3.8, 4) is 17.4 Å². The molecule has 1 aromatic heterocycles. The van der Waals surface area contributed by atoms with Gasteiger partial charge in [-0.05, 0) is 23.8 Å². The standard InChI is InChI=1S/C25H39N3O2/c1-6-8-10-11-12-13-14-22(29)28-23(26-24(27-28)30-19-9-7-2)20-15-17-21(18-16-20)25(3,4)5/h15-18H,6-14,19H2,1-5H3. The van der Waals surface area contributed by atoms with E-state index in [-0.39, 0.29) is 17.3 Å². The highest BCUT2D eigenvalue weighted by molar-refractivity contribution is 5.82. The van der Waals surface area contributed by atoms with Gasteiger partial charge in [0.2, 0.25) is 5.91 Å². The molecule has 0 amide bonds. The Kier molecular flexibility index (Phi) is 9.54. The maximum atomic E-state index is 12.9. The van der Waals surface area contributed by atoms with Gasteiger partial charge in [0, 0.05) is 12.0 Å². The molecule has 0 unspecified atom stereocenters. The maximum absolute atomic E-state index is 12.9. The van der Waals surface area contributed by atoms with Gasteiger partial charge >= 0.3 is 6.01 Å². The van der Waals surface area contributed by atoms with Crippen LogP contribution in [0.2, 0.25) is 0 Å². The van der Waals surface area contributed by atoms with Crippen LogP contribution in [0.3, 0.4) is 0 Å². The fraction of sp³-hybridized carbons (Fsp3) is 0.640. The number of nitrogens with zero attached hydrogens (tertiary/aromatic N) is 3. The fourth-order valence-electron chi connectivity index (χ4n) is 3.30. The molecule has 0 radical (unpaired) electrons. The summed E-state index contributed by atoms with van der Waals surface area (Å²) in [7, 11) is 0.